The van der Waals surface area contributed by atoms with Gasteiger partial charge in [0, 0.05) is 14.2 Å². The van der Waals surface area contributed by atoms with Crippen molar-refractivity contribution < 1.29 is 23.7 Å². The summed E-state index contributed by atoms with van der Waals surface area (Å²) >= 11 is 5.97. The summed E-state index contributed by atoms with van der Waals surface area (Å²) in [6, 6.07) is 0. The van der Waals surface area contributed by atoms with Crippen LogP contribution in [0.4, 0.5) is 0 Å². The van der Waals surface area contributed by atoms with Gasteiger partial charge >= 0.3 is 0 Å². The first-order valence-electron chi connectivity index (χ1n) is 6.22. The maximum Gasteiger partial charge on any atom is 0.0997 e. The first-order valence-corrected chi connectivity index (χ1v) is 6.66. The van der Waals surface area contributed by atoms with Crippen molar-refractivity contribution in [1.82, 2.24) is 0 Å². The van der Waals surface area contributed by atoms with E-state index in [0.717, 1.165) is 6.42 Å². The lowest BCUT2D eigenvalue weighted by molar-refractivity contribution is -0.119. The van der Waals surface area contributed by atoms with Gasteiger partial charge in [-0.05, 0) is 6.42 Å². The number of hydrogen-bond donors (Lipinski definition) is 0. The first kappa shape index (κ1) is 16.1. The molecule has 0 aliphatic heterocycles. The van der Waals surface area contributed by atoms with Gasteiger partial charge in [0.2, 0.25) is 0 Å². The van der Waals surface area contributed by atoms with Crippen LogP contribution in [0.1, 0.15) is 6.42 Å². The number of halogens is 1. The Bertz CT molecular complexity index is 205. The van der Waals surface area contributed by atoms with Crippen LogP contribution < -0.4 is 0 Å². The lowest BCUT2D eigenvalue weighted by Crippen LogP contribution is -2.50. The molecule has 5 nitrogen and oxygen atoms in total. The van der Waals surface area contributed by atoms with Crippen LogP contribution in [-0.4, -0.2) is 71.4 Å². The predicted molar refractivity (Wildman–Crippen MR) is 68.3 cm³/mol. The second-order valence-electron chi connectivity index (χ2n) is 4.08. The smallest absolute Gasteiger partial charge is 0.0997 e. The molecule has 1 rings (SSSR count). The molecule has 1 fully saturated rings. The molecule has 0 radical (unpaired) electrons. The van der Waals surface area contributed by atoms with Crippen LogP contribution in [0.25, 0.3) is 0 Å². The Balaban J connectivity index is 1.82. The lowest BCUT2D eigenvalue weighted by Gasteiger charge is -2.39. The topological polar surface area (TPSA) is 46.2 Å². The van der Waals surface area contributed by atoms with E-state index in [2.05, 4.69) is 0 Å². The molecule has 108 valence electrons. The zero-order valence-corrected chi connectivity index (χ0v) is 11.9. The van der Waals surface area contributed by atoms with Crippen molar-refractivity contribution in [3.05, 3.63) is 0 Å². The average molecular weight is 283 g/mol. The summed E-state index contributed by atoms with van der Waals surface area (Å²) in [6.45, 7) is 3.49. The standard InChI is InChI=1S/C12H23ClO5/c1-14-3-4-16-5-6-17-7-8-18-11-9-10(13)12(11)15-2/h10-12H,3-9H2,1-2H3. The fraction of sp³-hybridized carbons (Fsp3) is 1.00. The SMILES string of the molecule is COCCOCCOCCOC1CC(Cl)C1OC. The molecule has 1 saturated carbocycles. The molecule has 3 atom stereocenters. The van der Waals surface area contributed by atoms with Gasteiger partial charge in [0.15, 0.2) is 0 Å². The Morgan fingerprint density at radius 3 is 2.11 bits per heavy atom. The summed E-state index contributed by atoms with van der Waals surface area (Å²) in [5.41, 5.74) is 0. The fourth-order valence-electron chi connectivity index (χ4n) is 1.71. The largest absolute Gasteiger partial charge is 0.382 e. The minimum absolute atomic E-state index is 0.0176. The number of hydrogen-bond acceptors (Lipinski definition) is 5. The van der Waals surface area contributed by atoms with Crippen molar-refractivity contribution in [2.45, 2.75) is 24.0 Å². The number of alkyl halides is 1. The third-order valence-electron chi connectivity index (χ3n) is 2.82. The molecule has 18 heavy (non-hydrogen) atoms. The summed E-state index contributed by atoms with van der Waals surface area (Å²) in [5, 5.41) is 0.0788. The molecule has 0 aromatic rings. The average Bonchev–Trinajstić information content (AvgIpc) is 2.35. The van der Waals surface area contributed by atoms with Crippen LogP contribution in [0.15, 0.2) is 0 Å². The second-order valence-corrected chi connectivity index (χ2v) is 4.64. The summed E-state index contributed by atoms with van der Waals surface area (Å²) in [6.07, 6.45) is 0.975. The van der Waals surface area contributed by atoms with Gasteiger partial charge in [-0.1, -0.05) is 0 Å². The number of ether oxygens (including phenoxy) is 5. The third kappa shape index (κ3) is 5.82. The highest BCUT2D eigenvalue weighted by atomic mass is 35.5. The molecule has 6 heteroatoms. The van der Waals surface area contributed by atoms with E-state index >= 15 is 0 Å². The second kappa shape index (κ2) is 9.95. The first-order chi connectivity index (χ1) is 8.79. The van der Waals surface area contributed by atoms with Gasteiger partial charge in [-0.2, -0.15) is 0 Å². The zero-order chi connectivity index (χ0) is 13.2. The van der Waals surface area contributed by atoms with Crippen molar-refractivity contribution in [1.29, 1.82) is 0 Å². The van der Waals surface area contributed by atoms with Crippen molar-refractivity contribution >= 4 is 11.6 Å². The predicted octanol–water partition coefficient (Wildman–Crippen LogP) is 1.08. The van der Waals surface area contributed by atoms with E-state index in [4.69, 9.17) is 35.3 Å². The molecule has 0 N–H and O–H groups in total. The summed E-state index contributed by atoms with van der Waals surface area (Å²) in [7, 11) is 3.31. The Hall–Kier alpha value is 0.0900. The van der Waals surface area contributed by atoms with Gasteiger partial charge in [-0.3, -0.25) is 0 Å². The van der Waals surface area contributed by atoms with E-state index in [1.54, 1.807) is 14.2 Å². The molecule has 3 unspecified atom stereocenters. The van der Waals surface area contributed by atoms with Crippen molar-refractivity contribution in [2.24, 2.45) is 0 Å². The Kier molecular flexibility index (Phi) is 8.92. The molecule has 1 aliphatic carbocycles. The summed E-state index contributed by atoms with van der Waals surface area (Å²) < 4.78 is 26.3. The van der Waals surface area contributed by atoms with Crippen LogP contribution in [0.5, 0.6) is 0 Å². The molecule has 0 saturated heterocycles. The molecular formula is C12H23ClO5. The third-order valence-corrected chi connectivity index (χ3v) is 3.24. The molecule has 0 bridgehead atoms. The summed E-state index contributed by atoms with van der Waals surface area (Å²) in [5.74, 6) is 0. The molecular weight excluding hydrogens is 260 g/mol. The zero-order valence-electron chi connectivity index (χ0n) is 11.1. The Labute approximate surface area is 114 Å². The lowest BCUT2D eigenvalue weighted by atomic mass is 9.91. The van der Waals surface area contributed by atoms with Gasteiger partial charge in [0.05, 0.1) is 57.2 Å². The molecule has 0 aromatic heterocycles. The van der Waals surface area contributed by atoms with Crippen LogP contribution in [0.3, 0.4) is 0 Å². The van der Waals surface area contributed by atoms with Gasteiger partial charge in [-0.25, -0.2) is 0 Å². The van der Waals surface area contributed by atoms with Crippen molar-refractivity contribution in [3.63, 3.8) is 0 Å². The van der Waals surface area contributed by atoms with Gasteiger partial charge in [0.25, 0.3) is 0 Å². The summed E-state index contributed by atoms with van der Waals surface area (Å²) in [4.78, 5) is 0. The minimum atomic E-state index is 0.0176. The van der Waals surface area contributed by atoms with Crippen molar-refractivity contribution in [3.8, 4) is 0 Å². The van der Waals surface area contributed by atoms with E-state index in [-0.39, 0.29) is 17.6 Å². The quantitative estimate of drug-likeness (QED) is 0.419. The van der Waals surface area contributed by atoms with E-state index < -0.39 is 0 Å². The molecule has 0 aromatic carbocycles. The maximum absolute atomic E-state index is 5.97. The fourth-order valence-corrected chi connectivity index (χ4v) is 2.15. The van der Waals surface area contributed by atoms with Crippen LogP contribution in [-0.2, 0) is 23.7 Å². The Morgan fingerprint density at radius 2 is 1.56 bits per heavy atom. The normalized spacial score (nSPS) is 27.2. The maximum atomic E-state index is 5.97. The molecule has 0 spiro atoms. The van der Waals surface area contributed by atoms with E-state index in [1.165, 1.54) is 0 Å². The van der Waals surface area contributed by atoms with Gasteiger partial charge in [0.1, 0.15) is 0 Å². The van der Waals surface area contributed by atoms with E-state index in [0.29, 0.717) is 39.6 Å². The highest BCUT2D eigenvalue weighted by Gasteiger charge is 2.40. The Morgan fingerprint density at radius 1 is 0.944 bits per heavy atom. The van der Waals surface area contributed by atoms with Crippen LogP contribution in [0.2, 0.25) is 0 Å². The van der Waals surface area contributed by atoms with Crippen LogP contribution >= 0.6 is 11.6 Å². The van der Waals surface area contributed by atoms with E-state index in [1.807, 2.05) is 0 Å². The van der Waals surface area contributed by atoms with Crippen molar-refractivity contribution in [2.75, 3.05) is 53.9 Å². The molecule has 1 aliphatic rings. The minimum Gasteiger partial charge on any atom is -0.382 e. The van der Waals surface area contributed by atoms with Gasteiger partial charge < -0.3 is 23.7 Å². The van der Waals surface area contributed by atoms with E-state index in [9.17, 15) is 0 Å². The van der Waals surface area contributed by atoms with Gasteiger partial charge in [-0.15, -0.1) is 11.6 Å². The highest BCUT2D eigenvalue weighted by molar-refractivity contribution is 6.21. The highest BCUT2D eigenvalue weighted by Crippen LogP contribution is 2.31. The van der Waals surface area contributed by atoms with Crippen LogP contribution in [0, 0.1) is 0 Å². The number of rotatable bonds is 11. The molecule has 0 heterocycles. The monoisotopic (exact) mass is 282 g/mol. The molecule has 0 amide bonds. The number of methoxy groups -OCH3 is 2.